The molecule has 0 radical (unpaired) electrons. The van der Waals surface area contributed by atoms with Gasteiger partial charge in [-0.1, -0.05) is 58.9 Å². The minimum Gasteiger partial charge on any atom is -0.481 e. The summed E-state index contributed by atoms with van der Waals surface area (Å²) < 4.78 is 12.5. The highest BCUT2D eigenvalue weighted by atomic mass is 16.7. The summed E-state index contributed by atoms with van der Waals surface area (Å²) in [5.41, 5.74) is 0.481. The Morgan fingerprint density at radius 1 is 1.05 bits per heavy atom. The number of rotatable bonds is 11. The molecule has 4 rings (SSSR count). The van der Waals surface area contributed by atoms with Crippen LogP contribution < -0.4 is 0 Å². The molecule has 44 heavy (non-hydrogen) atoms. The fourth-order valence-electron chi connectivity index (χ4n) is 10.4. The van der Waals surface area contributed by atoms with Crippen molar-refractivity contribution in [3.05, 3.63) is 24.3 Å². The number of aliphatic hydroxyl groups is 4. The van der Waals surface area contributed by atoms with Crippen LogP contribution in [0.25, 0.3) is 0 Å². The minimum atomic E-state index is -1.42. The number of fused-ring (bicyclic) bond motifs is 3. The van der Waals surface area contributed by atoms with E-state index < -0.39 is 42.3 Å². The summed E-state index contributed by atoms with van der Waals surface area (Å²) in [6.07, 6.45) is 0.652. The number of allylic oxidation sites excluding steroid dienone is 2. The van der Waals surface area contributed by atoms with E-state index in [0.29, 0.717) is 25.2 Å². The molecule has 1 saturated heterocycles. The van der Waals surface area contributed by atoms with E-state index in [1.54, 1.807) is 0 Å². The average molecular weight is 621 g/mol. The van der Waals surface area contributed by atoms with E-state index in [0.717, 1.165) is 43.3 Å². The molecule has 4 aliphatic rings. The number of carboxylic acids is 1. The first kappa shape index (κ1) is 35.6. The summed E-state index contributed by atoms with van der Waals surface area (Å²) >= 11 is 0. The number of carbonyl (C=O) groups is 1. The summed E-state index contributed by atoms with van der Waals surface area (Å²) in [5.74, 6) is -0.346. The molecule has 0 aromatic rings. The third-order valence-corrected chi connectivity index (χ3v) is 13.4. The smallest absolute Gasteiger partial charge is 0.303 e. The van der Waals surface area contributed by atoms with E-state index in [4.69, 9.17) is 9.47 Å². The molecular weight excluding hydrogens is 560 g/mol. The van der Waals surface area contributed by atoms with E-state index in [1.165, 1.54) is 0 Å². The van der Waals surface area contributed by atoms with Crippen molar-refractivity contribution >= 4 is 5.97 Å². The predicted octanol–water partition coefficient (Wildman–Crippen LogP) is 5.47. The van der Waals surface area contributed by atoms with Gasteiger partial charge in [-0.15, -0.1) is 0 Å². The van der Waals surface area contributed by atoms with E-state index in [-0.39, 0.29) is 52.9 Å². The van der Waals surface area contributed by atoms with Gasteiger partial charge >= 0.3 is 5.97 Å². The van der Waals surface area contributed by atoms with Crippen LogP contribution in [0.2, 0.25) is 0 Å². The molecule has 0 unspecified atom stereocenters. The van der Waals surface area contributed by atoms with Crippen molar-refractivity contribution in [3.63, 3.8) is 0 Å². The second-order valence-corrected chi connectivity index (χ2v) is 16.2. The van der Waals surface area contributed by atoms with Crippen molar-refractivity contribution in [2.24, 2.45) is 45.8 Å². The highest BCUT2D eigenvalue weighted by molar-refractivity contribution is 5.66. The number of hydrogen-bond acceptors (Lipinski definition) is 7. The standard InChI is InChI=1S/C36H60O8/c1-20(2)22(5)10-17-36(9,42)24-12-16-35(8)29(24)26(44-32-31(41)30(40)25(37)19-43-32)18-27-33(6,14-13-28(38)39)23(21(3)4)11-15-34(27,35)7/h20,23-27,29-32,37,40-42H,3,5,10-19H2,1-2,4,6-9H3,(H,38,39)/t23-,24-,25+,26+,27+,29-,30-,31+,32-,33-,34+,35+,36-/m0/s1. The fraction of sp³-hybridized carbons (Fsp3) is 0.861. The third kappa shape index (κ3) is 6.09. The predicted molar refractivity (Wildman–Crippen MR) is 170 cm³/mol. The van der Waals surface area contributed by atoms with Crippen LogP contribution >= 0.6 is 0 Å². The van der Waals surface area contributed by atoms with Crippen LogP contribution in [-0.4, -0.2) is 74.4 Å². The van der Waals surface area contributed by atoms with Gasteiger partial charge < -0.3 is 35.0 Å². The molecular formula is C36H60O8. The van der Waals surface area contributed by atoms with Gasteiger partial charge in [0.2, 0.25) is 0 Å². The maximum Gasteiger partial charge on any atom is 0.303 e. The number of ether oxygens (including phenoxy) is 2. The van der Waals surface area contributed by atoms with Crippen LogP contribution in [-0.2, 0) is 14.3 Å². The molecule has 8 nitrogen and oxygen atoms in total. The lowest BCUT2D eigenvalue weighted by Crippen LogP contribution is -2.65. The van der Waals surface area contributed by atoms with Gasteiger partial charge in [0.05, 0.1) is 18.3 Å². The maximum atomic E-state index is 12.2. The Bertz CT molecular complexity index is 1090. The average Bonchev–Trinajstić information content (AvgIpc) is 3.32. The highest BCUT2D eigenvalue weighted by Crippen LogP contribution is 2.74. The Morgan fingerprint density at radius 3 is 2.27 bits per heavy atom. The zero-order valence-electron chi connectivity index (χ0n) is 28.2. The van der Waals surface area contributed by atoms with Crippen LogP contribution in [0.4, 0.5) is 0 Å². The van der Waals surface area contributed by atoms with E-state index >= 15 is 0 Å². The van der Waals surface area contributed by atoms with E-state index in [2.05, 4.69) is 54.7 Å². The normalized spacial score (nSPS) is 45.3. The van der Waals surface area contributed by atoms with Crippen LogP contribution in [0.3, 0.4) is 0 Å². The Hall–Kier alpha value is -1.29. The summed E-state index contributed by atoms with van der Waals surface area (Å²) in [4.78, 5) is 11.9. The van der Waals surface area contributed by atoms with Gasteiger partial charge in [0.15, 0.2) is 6.29 Å². The Balaban J connectivity index is 1.78. The van der Waals surface area contributed by atoms with Gasteiger partial charge in [-0.05, 0) is 111 Å². The van der Waals surface area contributed by atoms with Crippen LogP contribution in [0.1, 0.15) is 106 Å². The molecule has 1 aliphatic heterocycles. The van der Waals surface area contributed by atoms with Crippen molar-refractivity contribution in [1.82, 2.24) is 0 Å². The summed E-state index contributed by atoms with van der Waals surface area (Å²) in [6.45, 7) is 23.7. The minimum absolute atomic E-state index is 0.0593. The Labute approximate surface area is 264 Å². The van der Waals surface area contributed by atoms with Gasteiger partial charge in [0, 0.05) is 6.42 Å². The Kier molecular flexibility index (Phi) is 10.3. The molecule has 3 saturated carbocycles. The highest BCUT2D eigenvalue weighted by Gasteiger charge is 2.70. The van der Waals surface area contributed by atoms with Crippen molar-refractivity contribution in [3.8, 4) is 0 Å². The monoisotopic (exact) mass is 620 g/mol. The lowest BCUT2D eigenvalue weighted by Gasteiger charge is -2.68. The first-order valence-corrected chi connectivity index (χ1v) is 16.9. The molecule has 0 aromatic carbocycles. The molecule has 13 atom stereocenters. The zero-order valence-corrected chi connectivity index (χ0v) is 28.2. The zero-order chi connectivity index (χ0) is 33.0. The van der Waals surface area contributed by atoms with E-state index in [9.17, 15) is 30.3 Å². The number of carboxylic acid groups (broad SMARTS) is 1. The quantitative estimate of drug-likeness (QED) is 0.152. The van der Waals surface area contributed by atoms with Crippen molar-refractivity contribution < 1.29 is 39.8 Å². The van der Waals surface area contributed by atoms with Gasteiger partial charge in [0.25, 0.3) is 0 Å². The lowest BCUT2D eigenvalue weighted by molar-refractivity contribution is -0.312. The summed E-state index contributed by atoms with van der Waals surface area (Å²) in [6, 6.07) is 0. The second kappa shape index (κ2) is 12.7. The molecule has 3 aliphatic carbocycles. The fourth-order valence-corrected chi connectivity index (χ4v) is 10.4. The molecule has 0 spiro atoms. The van der Waals surface area contributed by atoms with Crippen LogP contribution in [0.15, 0.2) is 24.3 Å². The Morgan fingerprint density at radius 2 is 1.68 bits per heavy atom. The van der Waals surface area contributed by atoms with Crippen LogP contribution in [0, 0.1) is 45.8 Å². The molecule has 1 heterocycles. The summed E-state index contributed by atoms with van der Waals surface area (Å²) in [5, 5.41) is 53.4. The first-order chi connectivity index (χ1) is 20.3. The molecule has 252 valence electrons. The van der Waals surface area contributed by atoms with Crippen molar-refractivity contribution in [1.29, 1.82) is 0 Å². The number of aliphatic hydroxyl groups excluding tert-OH is 3. The van der Waals surface area contributed by atoms with Gasteiger partial charge in [-0.25, -0.2) is 0 Å². The van der Waals surface area contributed by atoms with Crippen molar-refractivity contribution in [2.45, 2.75) is 143 Å². The van der Waals surface area contributed by atoms with E-state index in [1.807, 2.05) is 6.92 Å². The SMILES string of the molecule is C=C(CC[C@](C)(O)[C@H]1CC[C@]2(C)[C@@H]1[C@H](O[C@@H]1OC[C@@H](O)[C@H](O)[C@H]1O)C[C@@H]1[C@@](C)(CCC(=O)O)[C@H](C(=C)C)CC[C@]12C)C(C)C. The maximum absolute atomic E-state index is 12.2. The molecule has 0 aromatic heterocycles. The first-order valence-electron chi connectivity index (χ1n) is 16.9. The molecule has 0 amide bonds. The molecule has 4 fully saturated rings. The van der Waals surface area contributed by atoms with Gasteiger partial charge in [0.1, 0.15) is 18.3 Å². The van der Waals surface area contributed by atoms with Crippen molar-refractivity contribution in [2.75, 3.05) is 6.61 Å². The topological polar surface area (TPSA) is 137 Å². The lowest BCUT2D eigenvalue weighted by atomic mass is 9.37. The van der Waals surface area contributed by atoms with Crippen LogP contribution in [0.5, 0.6) is 0 Å². The molecule has 8 heteroatoms. The number of hydrogen-bond donors (Lipinski definition) is 5. The van der Waals surface area contributed by atoms with Gasteiger partial charge in [-0.3, -0.25) is 4.79 Å². The number of aliphatic carboxylic acids is 1. The molecule has 5 N–H and O–H groups in total. The second-order valence-electron chi connectivity index (χ2n) is 16.2. The summed E-state index contributed by atoms with van der Waals surface area (Å²) in [7, 11) is 0. The third-order valence-electron chi connectivity index (χ3n) is 13.4. The largest absolute Gasteiger partial charge is 0.481 e. The van der Waals surface area contributed by atoms with Gasteiger partial charge in [-0.2, -0.15) is 0 Å². The molecule has 0 bridgehead atoms.